The molecule has 2 bridgehead atoms. The van der Waals surface area contributed by atoms with Gasteiger partial charge in [0.05, 0.1) is 37.9 Å². The second-order valence-corrected chi connectivity index (χ2v) is 10.4. The summed E-state index contributed by atoms with van der Waals surface area (Å²) in [6, 6.07) is 8.82. The number of halogens is 2. The van der Waals surface area contributed by atoms with Gasteiger partial charge >= 0.3 is 0 Å². The quantitative estimate of drug-likeness (QED) is 0.525. The number of carbonyl (C=O) groups is 1. The summed E-state index contributed by atoms with van der Waals surface area (Å²) < 4.78 is 11.1. The Bertz CT molecular complexity index is 1340. The number of amides is 1. The summed E-state index contributed by atoms with van der Waals surface area (Å²) in [5.74, 6) is 1.22. The second kappa shape index (κ2) is 6.27. The standard InChI is InChI=1S/C24H21Cl2N3O3/c1-22(2)23(3)6-7-24(22,21(30)27-12-4-5-13(25)14(26)8-12)20-19(23)28-15-9-17-18(32-11-31-17)10-16(15)29-20/h4-5,8-10H,6-7,11H2,1-3H3,(H,27,30). The highest BCUT2D eigenvalue weighted by molar-refractivity contribution is 6.42. The fraction of sp³-hybridized carbons (Fsp3) is 0.375. The van der Waals surface area contributed by atoms with E-state index in [-0.39, 0.29) is 18.1 Å². The molecule has 1 aromatic heterocycles. The number of hydrogen-bond donors (Lipinski definition) is 1. The Morgan fingerprint density at radius 3 is 2.25 bits per heavy atom. The molecule has 0 spiro atoms. The van der Waals surface area contributed by atoms with Crippen LogP contribution in [0.25, 0.3) is 11.0 Å². The van der Waals surface area contributed by atoms with Gasteiger partial charge in [0.15, 0.2) is 11.5 Å². The molecule has 32 heavy (non-hydrogen) atoms. The summed E-state index contributed by atoms with van der Waals surface area (Å²) in [5, 5.41) is 3.92. The van der Waals surface area contributed by atoms with Gasteiger partial charge in [0.2, 0.25) is 12.7 Å². The van der Waals surface area contributed by atoms with Gasteiger partial charge in [-0.1, -0.05) is 44.0 Å². The van der Waals surface area contributed by atoms with Crippen molar-refractivity contribution < 1.29 is 14.3 Å². The molecule has 164 valence electrons. The Hall–Kier alpha value is -2.57. The number of anilines is 1. The van der Waals surface area contributed by atoms with Crippen LogP contribution in [0.3, 0.4) is 0 Å². The summed E-state index contributed by atoms with van der Waals surface area (Å²) in [4.78, 5) is 24.0. The minimum Gasteiger partial charge on any atom is -0.454 e. The highest BCUT2D eigenvalue weighted by Gasteiger charge is 2.73. The van der Waals surface area contributed by atoms with Crippen molar-refractivity contribution in [3.63, 3.8) is 0 Å². The zero-order chi connectivity index (χ0) is 22.5. The average Bonchev–Trinajstić information content (AvgIpc) is 3.32. The van der Waals surface area contributed by atoms with Gasteiger partial charge in [-0.15, -0.1) is 0 Å². The molecule has 1 aliphatic heterocycles. The normalized spacial score (nSPS) is 26.4. The van der Waals surface area contributed by atoms with Crippen LogP contribution < -0.4 is 14.8 Å². The molecule has 2 aromatic carbocycles. The van der Waals surface area contributed by atoms with Crippen molar-refractivity contribution in [1.29, 1.82) is 0 Å². The minimum absolute atomic E-state index is 0.0993. The Morgan fingerprint density at radius 1 is 0.938 bits per heavy atom. The van der Waals surface area contributed by atoms with E-state index < -0.39 is 10.8 Å². The second-order valence-electron chi connectivity index (χ2n) is 9.56. The highest BCUT2D eigenvalue weighted by atomic mass is 35.5. The largest absolute Gasteiger partial charge is 0.454 e. The smallest absolute Gasteiger partial charge is 0.237 e. The van der Waals surface area contributed by atoms with Gasteiger partial charge in [-0.25, -0.2) is 9.97 Å². The summed E-state index contributed by atoms with van der Waals surface area (Å²) in [6.07, 6.45) is 1.55. The molecule has 2 atom stereocenters. The molecule has 8 heteroatoms. The van der Waals surface area contributed by atoms with Gasteiger partial charge in [0, 0.05) is 23.2 Å². The van der Waals surface area contributed by atoms with Crippen molar-refractivity contribution in [1.82, 2.24) is 9.97 Å². The Balaban J connectivity index is 1.52. The number of ether oxygens (including phenoxy) is 2. The molecule has 0 saturated heterocycles. The van der Waals surface area contributed by atoms with Gasteiger partial charge in [-0.05, 0) is 36.5 Å². The van der Waals surface area contributed by atoms with Crippen molar-refractivity contribution in [2.75, 3.05) is 12.1 Å². The molecule has 0 radical (unpaired) electrons. The first-order chi connectivity index (χ1) is 15.2. The van der Waals surface area contributed by atoms with E-state index in [0.29, 0.717) is 39.2 Å². The van der Waals surface area contributed by atoms with E-state index in [1.807, 2.05) is 12.1 Å². The summed E-state index contributed by atoms with van der Waals surface area (Å²) in [7, 11) is 0. The van der Waals surface area contributed by atoms with Gasteiger partial charge in [-0.3, -0.25) is 4.79 Å². The minimum atomic E-state index is -0.819. The fourth-order valence-electron chi connectivity index (χ4n) is 5.81. The van der Waals surface area contributed by atoms with Crippen LogP contribution >= 0.6 is 23.2 Å². The van der Waals surface area contributed by atoms with Crippen LogP contribution in [0, 0.1) is 5.41 Å². The van der Waals surface area contributed by atoms with Crippen molar-refractivity contribution in [3.8, 4) is 11.5 Å². The molecule has 2 unspecified atom stereocenters. The number of hydrogen-bond acceptors (Lipinski definition) is 5. The predicted octanol–water partition coefficient (Wildman–Crippen LogP) is 5.63. The van der Waals surface area contributed by atoms with Crippen molar-refractivity contribution in [2.24, 2.45) is 5.41 Å². The first-order valence-corrected chi connectivity index (χ1v) is 11.3. The van der Waals surface area contributed by atoms with E-state index in [9.17, 15) is 4.79 Å². The fourth-order valence-corrected chi connectivity index (χ4v) is 6.11. The molecule has 1 saturated carbocycles. The monoisotopic (exact) mass is 469 g/mol. The predicted molar refractivity (Wildman–Crippen MR) is 123 cm³/mol. The Morgan fingerprint density at radius 2 is 1.59 bits per heavy atom. The maximum absolute atomic E-state index is 13.9. The zero-order valence-corrected chi connectivity index (χ0v) is 19.4. The number of nitrogens with one attached hydrogen (secondary N) is 1. The first-order valence-electron chi connectivity index (χ1n) is 10.6. The Kier molecular flexibility index (Phi) is 3.93. The van der Waals surface area contributed by atoms with Gasteiger partial charge in [-0.2, -0.15) is 0 Å². The SMILES string of the molecule is CC12CCC(C(=O)Nc3ccc(Cl)c(Cl)c3)(c3nc4cc5c(cc4nc31)OCO5)C2(C)C. The van der Waals surface area contributed by atoms with Crippen LogP contribution in [0.1, 0.15) is 45.0 Å². The third-order valence-corrected chi connectivity index (χ3v) is 8.84. The number of nitrogens with zero attached hydrogens (tertiary/aromatic N) is 2. The molecule has 6 nitrogen and oxygen atoms in total. The van der Waals surface area contributed by atoms with Crippen LogP contribution in [0.15, 0.2) is 30.3 Å². The van der Waals surface area contributed by atoms with E-state index in [4.69, 9.17) is 42.6 Å². The first kappa shape index (κ1) is 20.1. The topological polar surface area (TPSA) is 73.3 Å². The summed E-state index contributed by atoms with van der Waals surface area (Å²) in [5.41, 5.74) is 2.20. The molecule has 2 aliphatic carbocycles. The van der Waals surface area contributed by atoms with E-state index in [1.165, 1.54) is 0 Å². The lowest BCUT2D eigenvalue weighted by Gasteiger charge is -2.39. The molecular weight excluding hydrogens is 449 g/mol. The molecule has 1 amide bonds. The van der Waals surface area contributed by atoms with Gasteiger partial charge < -0.3 is 14.8 Å². The number of carbonyl (C=O) groups excluding carboxylic acids is 1. The van der Waals surface area contributed by atoms with E-state index in [1.54, 1.807) is 18.2 Å². The van der Waals surface area contributed by atoms with Gasteiger partial charge in [0.1, 0.15) is 0 Å². The number of benzene rings is 2. The van der Waals surface area contributed by atoms with Gasteiger partial charge in [0.25, 0.3) is 0 Å². The third kappa shape index (κ3) is 2.29. The Labute approximate surface area is 195 Å². The lowest BCUT2D eigenvalue weighted by atomic mass is 9.63. The van der Waals surface area contributed by atoms with E-state index >= 15 is 0 Å². The van der Waals surface area contributed by atoms with Crippen LogP contribution in [-0.2, 0) is 15.6 Å². The van der Waals surface area contributed by atoms with Crippen molar-refractivity contribution in [2.45, 2.75) is 44.4 Å². The number of aromatic nitrogens is 2. The lowest BCUT2D eigenvalue weighted by Crippen LogP contribution is -2.48. The molecule has 3 aromatic rings. The molecule has 1 fully saturated rings. The van der Waals surface area contributed by atoms with Crippen LogP contribution in [0.4, 0.5) is 5.69 Å². The highest BCUT2D eigenvalue weighted by Crippen LogP contribution is 2.70. The maximum atomic E-state index is 13.9. The zero-order valence-electron chi connectivity index (χ0n) is 17.9. The van der Waals surface area contributed by atoms with E-state index in [0.717, 1.165) is 23.3 Å². The molecule has 6 rings (SSSR count). The lowest BCUT2D eigenvalue weighted by molar-refractivity contribution is -0.125. The third-order valence-electron chi connectivity index (χ3n) is 8.10. The number of rotatable bonds is 2. The van der Waals surface area contributed by atoms with Crippen LogP contribution in [0.5, 0.6) is 11.5 Å². The molecule has 2 heterocycles. The van der Waals surface area contributed by atoms with Crippen LogP contribution in [-0.4, -0.2) is 22.7 Å². The van der Waals surface area contributed by atoms with E-state index in [2.05, 4.69) is 26.1 Å². The van der Waals surface area contributed by atoms with Crippen molar-refractivity contribution >= 4 is 45.8 Å². The average molecular weight is 470 g/mol. The summed E-state index contributed by atoms with van der Waals surface area (Å²) >= 11 is 12.2. The molecular formula is C24H21Cl2N3O3. The van der Waals surface area contributed by atoms with Crippen LogP contribution in [0.2, 0.25) is 10.0 Å². The number of fused-ring (bicyclic) bond motifs is 7. The molecule has 1 N–H and O–H groups in total. The maximum Gasteiger partial charge on any atom is 0.237 e. The molecule has 3 aliphatic rings. The summed E-state index contributed by atoms with van der Waals surface area (Å²) in [6.45, 7) is 6.68. The van der Waals surface area contributed by atoms with Crippen molar-refractivity contribution in [3.05, 3.63) is 51.8 Å².